The number of allylic oxidation sites excluding steroid dienone is 1. The number of nitrogens with two attached hydrogens (primary N) is 1. The summed E-state index contributed by atoms with van der Waals surface area (Å²) in [5.41, 5.74) is 7.11. The van der Waals surface area contributed by atoms with E-state index < -0.39 is 0 Å². The minimum atomic E-state index is -0.105. The molecule has 1 aliphatic rings. The summed E-state index contributed by atoms with van der Waals surface area (Å²) in [6.45, 7) is 2.01. The van der Waals surface area contributed by atoms with Crippen LogP contribution in [0.25, 0.3) is 17.0 Å². The van der Waals surface area contributed by atoms with E-state index in [1.165, 1.54) is 19.3 Å². The maximum atomic E-state index is 11.1. The highest BCUT2D eigenvalue weighted by molar-refractivity contribution is 8.17. The molecular weight excluding hydrogens is 322 g/mol. The average molecular weight is 341 g/mol. The first kappa shape index (κ1) is 16.4. The summed E-state index contributed by atoms with van der Waals surface area (Å²) in [4.78, 5) is 22.7. The Balaban J connectivity index is 2.01. The van der Waals surface area contributed by atoms with Gasteiger partial charge in [0.15, 0.2) is 11.5 Å². The molecule has 1 aromatic heterocycles. The molecule has 124 valence electrons. The van der Waals surface area contributed by atoms with Gasteiger partial charge in [-0.05, 0) is 54.8 Å². The number of piperidine rings is 1. The number of nitrogens with one attached hydrogen (secondary N) is 1. The number of amidine groups is 1. The number of benzene rings is 1. The maximum Gasteiger partial charge on any atom is 0.156 e. The van der Waals surface area contributed by atoms with Crippen molar-refractivity contribution in [1.82, 2.24) is 9.97 Å². The molecule has 24 heavy (non-hydrogen) atoms. The molecule has 1 aliphatic heterocycles. The van der Waals surface area contributed by atoms with Crippen LogP contribution in [0.4, 0.5) is 5.82 Å². The third-order valence-corrected chi connectivity index (χ3v) is 4.62. The molecule has 0 atom stereocenters. The van der Waals surface area contributed by atoms with E-state index in [0.29, 0.717) is 11.2 Å². The minimum absolute atomic E-state index is 0.105. The lowest BCUT2D eigenvalue weighted by Gasteiger charge is -2.28. The fourth-order valence-corrected chi connectivity index (χ4v) is 3.38. The number of thioether (sulfide) groups is 1. The Morgan fingerprint density at radius 2 is 2.04 bits per heavy atom. The van der Waals surface area contributed by atoms with Gasteiger partial charge >= 0.3 is 0 Å². The van der Waals surface area contributed by atoms with Crippen LogP contribution in [0.15, 0.2) is 29.4 Å². The number of fused-ring (bicyclic) bond motifs is 1. The number of carbonyl (C=O) groups excluding carboxylic acids is 1. The molecule has 0 spiro atoms. The number of hydrogen-bond acceptors (Lipinski definition) is 6. The number of anilines is 1. The van der Waals surface area contributed by atoms with Gasteiger partial charge in [0.1, 0.15) is 12.1 Å². The molecule has 1 aromatic carbocycles. The van der Waals surface area contributed by atoms with Gasteiger partial charge in [-0.25, -0.2) is 9.97 Å². The Hall–Kier alpha value is -2.41. The van der Waals surface area contributed by atoms with Crippen molar-refractivity contribution in [3.63, 3.8) is 0 Å². The standard InChI is InChI=1S/C17H19N5OS/c18-17(19)24-13(10-23)8-12-4-5-15-14(9-12)16(21-11-20-15)22-6-2-1-3-7-22/h4-5,8-11H,1-3,6-7H2,(H3,18,19)/b13-8-. The molecule has 1 saturated heterocycles. The van der Waals surface area contributed by atoms with Gasteiger partial charge in [-0.2, -0.15) is 0 Å². The van der Waals surface area contributed by atoms with Crippen LogP contribution in [-0.2, 0) is 4.79 Å². The molecule has 2 heterocycles. The van der Waals surface area contributed by atoms with E-state index in [0.717, 1.165) is 47.1 Å². The fraction of sp³-hybridized carbons (Fsp3) is 0.294. The molecule has 0 aliphatic carbocycles. The molecule has 0 bridgehead atoms. The van der Waals surface area contributed by atoms with Crippen molar-refractivity contribution in [2.75, 3.05) is 18.0 Å². The zero-order valence-corrected chi connectivity index (χ0v) is 14.1. The summed E-state index contributed by atoms with van der Waals surface area (Å²) >= 11 is 0.945. The number of hydrogen-bond donors (Lipinski definition) is 2. The van der Waals surface area contributed by atoms with Crippen LogP contribution in [0.1, 0.15) is 24.8 Å². The number of carbonyl (C=O) groups is 1. The predicted molar refractivity (Wildman–Crippen MR) is 99.1 cm³/mol. The van der Waals surface area contributed by atoms with E-state index in [-0.39, 0.29) is 5.17 Å². The number of aromatic nitrogens is 2. The van der Waals surface area contributed by atoms with Gasteiger partial charge in [0.05, 0.1) is 10.4 Å². The van der Waals surface area contributed by atoms with Crippen molar-refractivity contribution in [2.24, 2.45) is 5.73 Å². The van der Waals surface area contributed by atoms with E-state index in [9.17, 15) is 4.79 Å². The van der Waals surface area contributed by atoms with Gasteiger partial charge in [-0.15, -0.1) is 0 Å². The third-order valence-electron chi connectivity index (χ3n) is 3.95. The average Bonchev–Trinajstić information content (AvgIpc) is 2.61. The second-order valence-corrected chi connectivity index (χ2v) is 6.77. The summed E-state index contributed by atoms with van der Waals surface area (Å²) in [7, 11) is 0. The molecule has 1 fully saturated rings. The number of nitrogens with zero attached hydrogens (tertiary/aromatic N) is 3. The van der Waals surface area contributed by atoms with E-state index in [2.05, 4.69) is 14.9 Å². The molecule has 3 N–H and O–H groups in total. The lowest BCUT2D eigenvalue weighted by molar-refractivity contribution is -0.104. The second kappa shape index (κ2) is 7.44. The summed E-state index contributed by atoms with van der Waals surface area (Å²) in [5, 5.41) is 8.18. The van der Waals surface area contributed by atoms with Crippen LogP contribution >= 0.6 is 11.8 Å². The molecule has 2 aromatic rings. The molecule has 6 nitrogen and oxygen atoms in total. The van der Waals surface area contributed by atoms with Crippen molar-refractivity contribution in [1.29, 1.82) is 5.41 Å². The van der Waals surface area contributed by atoms with E-state index in [1.807, 2.05) is 18.2 Å². The zero-order valence-electron chi connectivity index (χ0n) is 13.2. The first-order valence-electron chi connectivity index (χ1n) is 7.86. The Labute approximate surface area is 144 Å². The monoisotopic (exact) mass is 341 g/mol. The topological polar surface area (TPSA) is 96.0 Å². The van der Waals surface area contributed by atoms with Crippen molar-refractivity contribution in [2.45, 2.75) is 19.3 Å². The quantitative estimate of drug-likeness (QED) is 0.384. The lowest BCUT2D eigenvalue weighted by atomic mass is 10.1. The van der Waals surface area contributed by atoms with Crippen molar-refractivity contribution < 1.29 is 4.79 Å². The smallest absolute Gasteiger partial charge is 0.156 e. The molecule has 7 heteroatoms. The van der Waals surface area contributed by atoms with Gasteiger partial charge < -0.3 is 10.6 Å². The highest BCUT2D eigenvalue weighted by atomic mass is 32.2. The molecule has 0 unspecified atom stereocenters. The largest absolute Gasteiger partial charge is 0.378 e. The Bertz CT molecular complexity index is 799. The first-order chi connectivity index (χ1) is 11.7. The Kier molecular flexibility index (Phi) is 5.10. The molecule has 0 saturated carbocycles. The van der Waals surface area contributed by atoms with E-state index in [1.54, 1.807) is 12.4 Å². The van der Waals surface area contributed by atoms with Crippen molar-refractivity contribution in [3.8, 4) is 0 Å². The Morgan fingerprint density at radius 1 is 1.25 bits per heavy atom. The zero-order chi connectivity index (χ0) is 16.9. The SMILES string of the molecule is N=C(N)S/C(C=O)=C\c1ccc2ncnc(N3CCCCC3)c2c1. The van der Waals surface area contributed by atoms with Gasteiger partial charge in [-0.1, -0.05) is 6.07 Å². The highest BCUT2D eigenvalue weighted by Gasteiger charge is 2.15. The molecule has 3 rings (SSSR count). The first-order valence-corrected chi connectivity index (χ1v) is 8.67. The van der Waals surface area contributed by atoms with Crippen LogP contribution in [-0.4, -0.2) is 34.5 Å². The van der Waals surface area contributed by atoms with Crippen LogP contribution < -0.4 is 10.6 Å². The van der Waals surface area contributed by atoms with Gasteiger partial charge in [0.2, 0.25) is 0 Å². The van der Waals surface area contributed by atoms with Crippen molar-refractivity contribution in [3.05, 3.63) is 35.0 Å². The normalized spacial score (nSPS) is 15.5. The van der Waals surface area contributed by atoms with Gasteiger partial charge in [0.25, 0.3) is 0 Å². The molecule has 0 amide bonds. The summed E-state index contributed by atoms with van der Waals surface area (Å²) in [6.07, 6.45) is 7.66. The van der Waals surface area contributed by atoms with E-state index >= 15 is 0 Å². The molecular formula is C17H19N5OS. The highest BCUT2D eigenvalue weighted by Crippen LogP contribution is 2.27. The van der Waals surface area contributed by atoms with Crippen LogP contribution in [0.3, 0.4) is 0 Å². The number of aldehydes is 1. The van der Waals surface area contributed by atoms with Crippen LogP contribution in [0.2, 0.25) is 0 Å². The summed E-state index contributed by atoms with van der Waals surface area (Å²) < 4.78 is 0. The fourth-order valence-electron chi connectivity index (χ4n) is 2.89. The van der Waals surface area contributed by atoms with Gasteiger partial charge in [0, 0.05) is 18.5 Å². The van der Waals surface area contributed by atoms with Gasteiger partial charge in [-0.3, -0.25) is 10.2 Å². The van der Waals surface area contributed by atoms with Crippen molar-refractivity contribution >= 4 is 46.0 Å². The summed E-state index contributed by atoms with van der Waals surface area (Å²) in [6, 6.07) is 5.82. The molecule has 0 radical (unpaired) electrons. The predicted octanol–water partition coefficient (Wildman–Crippen LogP) is 2.79. The summed E-state index contributed by atoms with van der Waals surface area (Å²) in [5.74, 6) is 0.946. The van der Waals surface area contributed by atoms with E-state index in [4.69, 9.17) is 11.1 Å². The number of rotatable bonds is 4. The third kappa shape index (κ3) is 3.73. The Morgan fingerprint density at radius 3 is 2.75 bits per heavy atom. The van der Waals surface area contributed by atoms with Crippen LogP contribution in [0, 0.1) is 5.41 Å². The van der Waals surface area contributed by atoms with Crippen LogP contribution in [0.5, 0.6) is 0 Å². The lowest BCUT2D eigenvalue weighted by Crippen LogP contribution is -2.30. The maximum absolute atomic E-state index is 11.1. The second-order valence-electron chi connectivity index (χ2n) is 5.65. The minimum Gasteiger partial charge on any atom is -0.378 e.